The van der Waals surface area contributed by atoms with Crippen molar-refractivity contribution >= 4 is 16.5 Å². The maximum atomic E-state index is 9.06. The molecular weight excluding hydrogens is 234 g/mol. The van der Waals surface area contributed by atoms with Crippen LogP contribution in [0.4, 0.5) is 5.00 Å². The van der Waals surface area contributed by atoms with Gasteiger partial charge < -0.3 is 10.1 Å². The highest BCUT2D eigenvalue weighted by Crippen LogP contribution is 2.25. The number of ether oxygens (including phenoxy) is 1. The Morgan fingerprint density at radius 2 is 2.24 bits per heavy atom. The van der Waals surface area contributed by atoms with Crippen molar-refractivity contribution in [2.75, 3.05) is 18.5 Å². The fraction of sp³-hybridized carbons (Fsp3) is 0.667. The number of aromatic nitrogens is 1. The van der Waals surface area contributed by atoms with Crippen LogP contribution in [-0.4, -0.2) is 23.6 Å². The van der Waals surface area contributed by atoms with Gasteiger partial charge in [0.25, 0.3) is 0 Å². The SMILES string of the molecule is CCOCC(Nc1snc(C)c1C#N)C(C)C. The van der Waals surface area contributed by atoms with Crippen LogP contribution in [0.25, 0.3) is 0 Å². The van der Waals surface area contributed by atoms with Gasteiger partial charge in [-0.3, -0.25) is 0 Å². The highest BCUT2D eigenvalue weighted by atomic mass is 32.1. The molecule has 0 aliphatic carbocycles. The number of hydrogen-bond acceptors (Lipinski definition) is 5. The predicted molar refractivity (Wildman–Crippen MR) is 70.3 cm³/mol. The Bertz CT molecular complexity index is 395. The molecule has 1 aromatic rings. The molecule has 0 saturated carbocycles. The van der Waals surface area contributed by atoms with Gasteiger partial charge >= 0.3 is 0 Å². The third-order valence-electron chi connectivity index (χ3n) is 2.60. The fourth-order valence-corrected chi connectivity index (χ4v) is 2.22. The first kappa shape index (κ1) is 13.9. The minimum Gasteiger partial charge on any atom is -0.380 e. The highest BCUT2D eigenvalue weighted by Gasteiger charge is 2.17. The zero-order valence-corrected chi connectivity index (χ0v) is 11.6. The number of nitriles is 1. The van der Waals surface area contributed by atoms with E-state index < -0.39 is 0 Å². The first-order valence-electron chi connectivity index (χ1n) is 5.80. The Balaban J connectivity index is 2.75. The average molecular weight is 253 g/mol. The van der Waals surface area contributed by atoms with E-state index in [1.807, 2.05) is 13.8 Å². The Morgan fingerprint density at radius 1 is 1.53 bits per heavy atom. The van der Waals surface area contributed by atoms with Crippen LogP contribution in [-0.2, 0) is 4.74 Å². The van der Waals surface area contributed by atoms with Crippen molar-refractivity contribution in [2.24, 2.45) is 5.92 Å². The normalized spacial score (nSPS) is 12.5. The summed E-state index contributed by atoms with van der Waals surface area (Å²) in [5.41, 5.74) is 1.44. The smallest absolute Gasteiger partial charge is 0.128 e. The van der Waals surface area contributed by atoms with Gasteiger partial charge in [-0.1, -0.05) is 13.8 Å². The Kier molecular flexibility index (Phi) is 5.39. The largest absolute Gasteiger partial charge is 0.380 e. The van der Waals surface area contributed by atoms with Crippen molar-refractivity contribution in [3.05, 3.63) is 11.3 Å². The molecule has 1 N–H and O–H groups in total. The first-order valence-corrected chi connectivity index (χ1v) is 6.58. The van der Waals surface area contributed by atoms with Gasteiger partial charge in [-0.25, -0.2) is 0 Å². The Hall–Kier alpha value is -1.12. The molecule has 0 aliphatic rings. The maximum Gasteiger partial charge on any atom is 0.128 e. The molecule has 0 saturated heterocycles. The van der Waals surface area contributed by atoms with E-state index in [0.29, 0.717) is 24.7 Å². The summed E-state index contributed by atoms with van der Waals surface area (Å²) in [6.07, 6.45) is 0. The van der Waals surface area contributed by atoms with Crippen LogP contribution in [0.15, 0.2) is 0 Å². The maximum absolute atomic E-state index is 9.06. The standard InChI is InChI=1S/C12H19N3OS/c1-5-16-7-11(8(2)3)14-12-10(6-13)9(4)15-17-12/h8,11,14H,5,7H2,1-4H3. The zero-order valence-electron chi connectivity index (χ0n) is 10.8. The number of hydrogen-bond donors (Lipinski definition) is 1. The van der Waals surface area contributed by atoms with Crippen LogP contribution >= 0.6 is 11.5 Å². The first-order chi connectivity index (χ1) is 8.10. The Labute approximate surface area is 107 Å². The monoisotopic (exact) mass is 253 g/mol. The molecular formula is C12H19N3OS. The van der Waals surface area contributed by atoms with Gasteiger partial charge in [0.05, 0.1) is 18.3 Å². The zero-order chi connectivity index (χ0) is 12.8. The molecule has 1 aromatic heterocycles. The van der Waals surface area contributed by atoms with Gasteiger partial charge in [-0.2, -0.15) is 9.64 Å². The lowest BCUT2D eigenvalue weighted by Crippen LogP contribution is -2.30. The quantitative estimate of drug-likeness (QED) is 0.847. The predicted octanol–water partition coefficient (Wildman–Crippen LogP) is 2.80. The van der Waals surface area contributed by atoms with Crippen molar-refractivity contribution in [2.45, 2.75) is 33.7 Å². The van der Waals surface area contributed by atoms with E-state index in [-0.39, 0.29) is 6.04 Å². The van der Waals surface area contributed by atoms with Crippen LogP contribution < -0.4 is 5.32 Å². The summed E-state index contributed by atoms with van der Waals surface area (Å²) in [5, 5.41) is 13.3. The number of anilines is 1. The molecule has 0 bridgehead atoms. The molecule has 0 amide bonds. The van der Waals surface area contributed by atoms with Gasteiger partial charge in [0.15, 0.2) is 0 Å². The molecule has 1 rings (SSSR count). The van der Waals surface area contributed by atoms with E-state index >= 15 is 0 Å². The molecule has 5 heteroatoms. The van der Waals surface area contributed by atoms with Crippen LogP contribution in [0.1, 0.15) is 32.0 Å². The number of nitrogens with zero attached hydrogens (tertiary/aromatic N) is 2. The van der Waals surface area contributed by atoms with Crippen molar-refractivity contribution < 1.29 is 4.74 Å². The third kappa shape index (κ3) is 3.69. The van der Waals surface area contributed by atoms with Crippen molar-refractivity contribution in [3.8, 4) is 6.07 Å². The lowest BCUT2D eigenvalue weighted by molar-refractivity contribution is 0.127. The molecule has 1 heterocycles. The van der Waals surface area contributed by atoms with Gasteiger partial charge in [0.2, 0.25) is 0 Å². The minimum atomic E-state index is 0.210. The molecule has 1 atom stereocenters. The molecule has 1 unspecified atom stereocenters. The number of rotatable bonds is 6. The summed E-state index contributed by atoms with van der Waals surface area (Å²) in [5.74, 6) is 0.440. The summed E-state index contributed by atoms with van der Waals surface area (Å²) in [4.78, 5) is 0. The van der Waals surface area contributed by atoms with Crippen LogP contribution in [0.3, 0.4) is 0 Å². The summed E-state index contributed by atoms with van der Waals surface area (Å²) >= 11 is 1.34. The number of nitrogens with one attached hydrogen (secondary N) is 1. The second-order valence-electron chi connectivity index (χ2n) is 4.24. The van der Waals surface area contributed by atoms with Gasteiger partial charge in [0.1, 0.15) is 16.6 Å². The molecule has 4 nitrogen and oxygen atoms in total. The van der Waals surface area contributed by atoms with E-state index in [2.05, 4.69) is 29.6 Å². The molecule has 0 radical (unpaired) electrons. The number of aryl methyl sites for hydroxylation is 1. The van der Waals surface area contributed by atoms with E-state index in [9.17, 15) is 0 Å². The van der Waals surface area contributed by atoms with Crippen molar-refractivity contribution in [1.82, 2.24) is 4.37 Å². The van der Waals surface area contributed by atoms with Crippen LogP contribution in [0, 0.1) is 24.2 Å². The molecule has 0 fully saturated rings. The second kappa shape index (κ2) is 6.58. The molecule has 0 spiro atoms. The molecule has 0 aliphatic heterocycles. The third-order valence-corrected chi connectivity index (χ3v) is 3.47. The van der Waals surface area contributed by atoms with Crippen molar-refractivity contribution in [3.63, 3.8) is 0 Å². The van der Waals surface area contributed by atoms with E-state index in [4.69, 9.17) is 10.00 Å². The van der Waals surface area contributed by atoms with Gasteiger partial charge in [-0.15, -0.1) is 0 Å². The van der Waals surface area contributed by atoms with E-state index in [1.165, 1.54) is 11.5 Å². The topological polar surface area (TPSA) is 57.9 Å². The summed E-state index contributed by atoms with van der Waals surface area (Å²) in [6.45, 7) is 9.46. The van der Waals surface area contributed by atoms with E-state index in [1.54, 1.807) is 0 Å². The lowest BCUT2D eigenvalue weighted by atomic mass is 10.1. The van der Waals surface area contributed by atoms with E-state index in [0.717, 1.165) is 10.7 Å². The van der Waals surface area contributed by atoms with Crippen LogP contribution in [0.2, 0.25) is 0 Å². The van der Waals surface area contributed by atoms with Crippen LogP contribution in [0.5, 0.6) is 0 Å². The Morgan fingerprint density at radius 3 is 2.76 bits per heavy atom. The highest BCUT2D eigenvalue weighted by molar-refractivity contribution is 7.10. The second-order valence-corrected chi connectivity index (χ2v) is 5.01. The summed E-state index contributed by atoms with van der Waals surface area (Å²) in [6, 6.07) is 2.40. The minimum absolute atomic E-state index is 0.210. The average Bonchev–Trinajstić information content (AvgIpc) is 2.64. The van der Waals surface area contributed by atoms with Gasteiger partial charge in [0, 0.05) is 6.61 Å². The fourth-order valence-electron chi connectivity index (χ4n) is 1.41. The van der Waals surface area contributed by atoms with Crippen molar-refractivity contribution in [1.29, 1.82) is 5.26 Å². The molecule has 17 heavy (non-hydrogen) atoms. The molecule has 94 valence electrons. The summed E-state index contributed by atoms with van der Waals surface area (Å²) in [7, 11) is 0. The van der Waals surface area contributed by atoms with Gasteiger partial charge in [-0.05, 0) is 31.3 Å². The molecule has 0 aromatic carbocycles. The lowest BCUT2D eigenvalue weighted by Gasteiger charge is -2.22. The summed E-state index contributed by atoms with van der Waals surface area (Å²) < 4.78 is 9.64.